The first-order chi connectivity index (χ1) is 15.3. The summed E-state index contributed by atoms with van der Waals surface area (Å²) in [5.74, 6) is 0.782. The Morgan fingerprint density at radius 3 is 2.39 bits per heavy atom. The molecule has 0 unspecified atom stereocenters. The fourth-order valence-corrected chi connectivity index (χ4v) is 3.55. The van der Waals surface area contributed by atoms with Crippen molar-refractivity contribution in [3.63, 3.8) is 0 Å². The molecule has 0 fully saturated rings. The smallest absolute Gasteiger partial charge is 0.224 e. The summed E-state index contributed by atoms with van der Waals surface area (Å²) in [7, 11) is 0. The molecule has 0 aliphatic carbocycles. The normalized spacial score (nSPS) is 11.0. The Morgan fingerprint density at radius 1 is 0.839 bits per heavy atom. The van der Waals surface area contributed by atoms with Crippen LogP contribution in [0.5, 0.6) is 0 Å². The minimum absolute atomic E-state index is 0.0154. The molecule has 3 aromatic heterocycles. The Kier molecular flexibility index (Phi) is 5.02. The van der Waals surface area contributed by atoms with E-state index in [1.165, 1.54) is 0 Å². The fraction of sp³-hybridized carbons (Fsp3) is 0.0800. The van der Waals surface area contributed by atoms with E-state index in [2.05, 4.69) is 15.3 Å². The van der Waals surface area contributed by atoms with Crippen molar-refractivity contribution in [2.24, 2.45) is 0 Å². The van der Waals surface area contributed by atoms with E-state index < -0.39 is 0 Å². The molecular weight excluding hydrogens is 386 g/mol. The van der Waals surface area contributed by atoms with Gasteiger partial charge >= 0.3 is 0 Å². The van der Waals surface area contributed by atoms with Crippen LogP contribution in [0.25, 0.3) is 22.5 Å². The van der Waals surface area contributed by atoms with E-state index in [4.69, 9.17) is 0 Å². The van der Waals surface area contributed by atoms with Gasteiger partial charge in [0.2, 0.25) is 5.91 Å². The molecule has 5 aromatic rings. The summed E-state index contributed by atoms with van der Waals surface area (Å²) < 4.78 is 3.99. The molecule has 152 valence electrons. The van der Waals surface area contributed by atoms with Gasteiger partial charge in [0.25, 0.3) is 0 Å². The third-order valence-electron chi connectivity index (χ3n) is 5.20. The van der Waals surface area contributed by atoms with Crippen LogP contribution in [0, 0.1) is 0 Å². The lowest BCUT2D eigenvalue weighted by molar-refractivity contribution is -0.120. The quantitative estimate of drug-likeness (QED) is 0.461. The highest BCUT2D eigenvalue weighted by atomic mass is 16.1. The summed E-state index contributed by atoms with van der Waals surface area (Å²) >= 11 is 0. The van der Waals surface area contributed by atoms with Gasteiger partial charge in [0.05, 0.1) is 17.5 Å². The Morgan fingerprint density at radius 2 is 1.61 bits per heavy atom. The first-order valence-corrected chi connectivity index (χ1v) is 10.1. The Labute approximate surface area is 179 Å². The lowest BCUT2D eigenvalue weighted by Gasteiger charge is -2.08. The third-order valence-corrected chi connectivity index (χ3v) is 5.20. The second-order valence-electron chi connectivity index (χ2n) is 7.34. The maximum atomic E-state index is 12.4. The van der Waals surface area contributed by atoms with E-state index in [0.29, 0.717) is 13.0 Å². The number of carbonyl (C=O) groups is 1. The predicted molar refractivity (Wildman–Crippen MR) is 120 cm³/mol. The van der Waals surface area contributed by atoms with Gasteiger partial charge in [-0.2, -0.15) is 0 Å². The van der Waals surface area contributed by atoms with Gasteiger partial charge in [-0.15, -0.1) is 0 Å². The zero-order chi connectivity index (χ0) is 21.0. The second kappa shape index (κ2) is 8.28. The molecule has 5 rings (SSSR count). The summed E-state index contributed by atoms with van der Waals surface area (Å²) in [5, 5.41) is 2.97. The van der Waals surface area contributed by atoms with Crippen LogP contribution in [-0.2, 0) is 17.8 Å². The SMILES string of the molecule is O=C(Cc1ccc(-n2cccc2)cc1)NCc1ccc(-n2cnc3ccccc32)nc1. The van der Waals surface area contributed by atoms with Gasteiger partial charge in [0.15, 0.2) is 0 Å². The molecule has 6 nitrogen and oxygen atoms in total. The van der Waals surface area contributed by atoms with E-state index in [1.807, 2.05) is 94.3 Å². The fourth-order valence-electron chi connectivity index (χ4n) is 3.55. The number of nitrogens with one attached hydrogen (secondary N) is 1. The van der Waals surface area contributed by atoms with Gasteiger partial charge in [0.1, 0.15) is 12.1 Å². The second-order valence-corrected chi connectivity index (χ2v) is 7.34. The molecular formula is C25H21N5O. The minimum Gasteiger partial charge on any atom is -0.352 e. The highest BCUT2D eigenvalue weighted by molar-refractivity contribution is 5.78. The van der Waals surface area contributed by atoms with Crippen LogP contribution in [0.15, 0.2) is 97.7 Å². The molecule has 6 heteroatoms. The van der Waals surface area contributed by atoms with Crippen molar-refractivity contribution in [3.8, 4) is 11.5 Å². The van der Waals surface area contributed by atoms with Crippen LogP contribution in [0.2, 0.25) is 0 Å². The summed E-state index contributed by atoms with van der Waals surface area (Å²) in [6, 6.07) is 23.8. The van der Waals surface area contributed by atoms with Crippen molar-refractivity contribution < 1.29 is 4.79 Å². The van der Waals surface area contributed by atoms with Crippen molar-refractivity contribution in [2.75, 3.05) is 0 Å². The number of carbonyl (C=O) groups excluding carboxylic acids is 1. The highest BCUT2D eigenvalue weighted by Gasteiger charge is 2.07. The van der Waals surface area contributed by atoms with Crippen molar-refractivity contribution in [3.05, 3.63) is 109 Å². The molecule has 0 bridgehead atoms. The lowest BCUT2D eigenvalue weighted by atomic mass is 10.1. The molecule has 0 saturated carbocycles. The number of fused-ring (bicyclic) bond motifs is 1. The standard InChI is InChI=1S/C25H21N5O/c31-25(15-19-7-10-21(11-8-19)29-13-3-4-14-29)27-17-20-9-12-24(26-16-20)30-18-28-22-5-1-2-6-23(22)30/h1-14,16,18H,15,17H2,(H,27,31). The van der Waals surface area contributed by atoms with E-state index in [-0.39, 0.29) is 5.91 Å². The number of hydrogen-bond acceptors (Lipinski definition) is 3. The number of imidazole rings is 1. The van der Waals surface area contributed by atoms with Crippen LogP contribution in [0.3, 0.4) is 0 Å². The molecule has 0 saturated heterocycles. The maximum absolute atomic E-state index is 12.4. The van der Waals surface area contributed by atoms with E-state index >= 15 is 0 Å². The maximum Gasteiger partial charge on any atom is 0.224 e. The molecule has 3 heterocycles. The summed E-state index contributed by atoms with van der Waals surface area (Å²) in [6.07, 6.45) is 7.90. The van der Waals surface area contributed by atoms with Crippen LogP contribution in [-0.4, -0.2) is 25.0 Å². The average molecular weight is 407 g/mol. The Bertz CT molecular complexity index is 1300. The monoisotopic (exact) mass is 407 g/mol. The minimum atomic E-state index is -0.0154. The van der Waals surface area contributed by atoms with Crippen molar-refractivity contribution in [1.29, 1.82) is 0 Å². The highest BCUT2D eigenvalue weighted by Crippen LogP contribution is 2.16. The molecule has 1 N–H and O–H groups in total. The van der Waals surface area contributed by atoms with Crippen LogP contribution in [0.1, 0.15) is 11.1 Å². The molecule has 0 aliphatic rings. The van der Waals surface area contributed by atoms with Crippen molar-refractivity contribution >= 4 is 16.9 Å². The Hall–Kier alpha value is -4.19. The van der Waals surface area contributed by atoms with Crippen LogP contribution >= 0.6 is 0 Å². The lowest BCUT2D eigenvalue weighted by Crippen LogP contribution is -2.24. The summed E-state index contributed by atoms with van der Waals surface area (Å²) in [5.41, 5.74) is 4.95. The number of benzene rings is 2. The van der Waals surface area contributed by atoms with Crippen molar-refractivity contribution in [2.45, 2.75) is 13.0 Å². The predicted octanol–water partition coefficient (Wildman–Crippen LogP) is 4.07. The van der Waals surface area contributed by atoms with Crippen LogP contribution in [0.4, 0.5) is 0 Å². The topological polar surface area (TPSA) is 64.7 Å². The van der Waals surface area contributed by atoms with Gasteiger partial charge in [-0.1, -0.05) is 30.3 Å². The van der Waals surface area contributed by atoms with Crippen molar-refractivity contribution in [1.82, 2.24) is 24.4 Å². The van der Waals surface area contributed by atoms with E-state index in [9.17, 15) is 4.79 Å². The first kappa shape index (κ1) is 18.8. The zero-order valence-electron chi connectivity index (χ0n) is 16.8. The number of amides is 1. The largest absolute Gasteiger partial charge is 0.352 e. The molecule has 0 spiro atoms. The van der Waals surface area contributed by atoms with Crippen LogP contribution < -0.4 is 5.32 Å². The van der Waals surface area contributed by atoms with Gasteiger partial charge in [-0.3, -0.25) is 9.36 Å². The zero-order valence-corrected chi connectivity index (χ0v) is 16.8. The summed E-state index contributed by atoms with van der Waals surface area (Å²) in [6.45, 7) is 0.443. The van der Waals surface area contributed by atoms with Gasteiger partial charge < -0.3 is 9.88 Å². The van der Waals surface area contributed by atoms with Gasteiger partial charge in [-0.25, -0.2) is 9.97 Å². The van der Waals surface area contributed by atoms with Gasteiger partial charge in [0, 0.05) is 30.8 Å². The van der Waals surface area contributed by atoms with Gasteiger partial charge in [-0.05, 0) is 53.6 Å². The average Bonchev–Trinajstić information content (AvgIpc) is 3.49. The number of para-hydroxylation sites is 2. The molecule has 0 radical (unpaired) electrons. The molecule has 0 atom stereocenters. The molecule has 2 aromatic carbocycles. The number of pyridine rings is 1. The summed E-state index contributed by atoms with van der Waals surface area (Å²) in [4.78, 5) is 21.3. The Balaban J connectivity index is 1.19. The first-order valence-electron chi connectivity index (χ1n) is 10.1. The van der Waals surface area contributed by atoms with E-state index in [1.54, 1.807) is 12.5 Å². The third kappa shape index (κ3) is 4.09. The number of nitrogens with zero attached hydrogens (tertiary/aromatic N) is 4. The number of rotatable bonds is 6. The van der Waals surface area contributed by atoms with E-state index in [0.717, 1.165) is 33.7 Å². The molecule has 31 heavy (non-hydrogen) atoms. The molecule has 1 amide bonds. The molecule has 0 aliphatic heterocycles. The number of hydrogen-bond donors (Lipinski definition) is 1. The number of aromatic nitrogens is 4.